The van der Waals surface area contributed by atoms with E-state index in [1.807, 2.05) is 25.1 Å². The number of hydrogen-bond acceptors (Lipinski definition) is 3. The highest BCUT2D eigenvalue weighted by Gasteiger charge is 2.07. The molecular formula is C16H20BrN3. The molecule has 1 heterocycles. The van der Waals surface area contributed by atoms with Crippen molar-refractivity contribution in [3.05, 3.63) is 57.6 Å². The van der Waals surface area contributed by atoms with E-state index >= 15 is 0 Å². The van der Waals surface area contributed by atoms with Crippen molar-refractivity contribution >= 4 is 15.9 Å². The molecule has 1 aromatic heterocycles. The third kappa shape index (κ3) is 4.39. The summed E-state index contributed by atoms with van der Waals surface area (Å²) in [6.07, 6.45) is 2.52. The molecule has 0 saturated carbocycles. The van der Waals surface area contributed by atoms with Crippen LogP contribution >= 0.6 is 15.9 Å². The van der Waals surface area contributed by atoms with E-state index in [9.17, 15) is 0 Å². The third-order valence-corrected chi connectivity index (χ3v) is 3.69. The number of halogens is 1. The van der Waals surface area contributed by atoms with Gasteiger partial charge in [-0.25, -0.2) is 9.97 Å². The predicted molar refractivity (Wildman–Crippen MR) is 85.7 cm³/mol. The molecule has 0 radical (unpaired) electrons. The maximum atomic E-state index is 6.01. The molecule has 1 aromatic carbocycles. The lowest BCUT2D eigenvalue weighted by molar-refractivity contribution is 0.632. The Morgan fingerprint density at radius 3 is 2.75 bits per heavy atom. The largest absolute Gasteiger partial charge is 0.327 e. The highest BCUT2D eigenvalue weighted by Crippen LogP contribution is 2.14. The first-order valence-electron chi connectivity index (χ1n) is 6.90. The minimum Gasteiger partial charge on any atom is -0.327 e. The number of aryl methyl sites for hydroxylation is 1. The van der Waals surface area contributed by atoms with Gasteiger partial charge in [0.15, 0.2) is 0 Å². The molecule has 0 spiro atoms. The summed E-state index contributed by atoms with van der Waals surface area (Å²) in [6, 6.07) is 10.4. The molecule has 0 bridgehead atoms. The average Bonchev–Trinajstić information content (AvgIpc) is 2.37. The lowest BCUT2D eigenvalue weighted by atomic mass is 10.1. The van der Waals surface area contributed by atoms with Crippen molar-refractivity contribution in [2.24, 2.45) is 5.73 Å². The molecule has 3 nitrogen and oxygen atoms in total. The van der Waals surface area contributed by atoms with E-state index in [-0.39, 0.29) is 6.04 Å². The summed E-state index contributed by atoms with van der Waals surface area (Å²) in [7, 11) is 0. The summed E-state index contributed by atoms with van der Waals surface area (Å²) in [5, 5.41) is 0. The molecule has 0 saturated heterocycles. The van der Waals surface area contributed by atoms with Gasteiger partial charge in [0, 0.05) is 34.7 Å². The summed E-state index contributed by atoms with van der Waals surface area (Å²) >= 11 is 3.49. The fraction of sp³-hybridized carbons (Fsp3) is 0.375. The van der Waals surface area contributed by atoms with Crippen LogP contribution in [-0.4, -0.2) is 16.0 Å². The minimum atomic E-state index is 0.169. The molecular weight excluding hydrogens is 314 g/mol. The van der Waals surface area contributed by atoms with Gasteiger partial charge in [-0.3, -0.25) is 0 Å². The van der Waals surface area contributed by atoms with E-state index in [1.165, 1.54) is 5.56 Å². The first-order chi connectivity index (χ1) is 9.56. The number of aromatic nitrogens is 2. The van der Waals surface area contributed by atoms with Crippen LogP contribution in [0.25, 0.3) is 0 Å². The lowest BCUT2D eigenvalue weighted by Crippen LogP contribution is -2.22. The number of nitrogens with zero attached hydrogens (tertiary/aromatic N) is 2. The molecule has 0 fully saturated rings. The van der Waals surface area contributed by atoms with Crippen LogP contribution in [0.15, 0.2) is 34.8 Å². The van der Waals surface area contributed by atoms with E-state index in [1.54, 1.807) is 0 Å². The van der Waals surface area contributed by atoms with Gasteiger partial charge in [-0.1, -0.05) is 35.0 Å². The highest BCUT2D eigenvalue weighted by molar-refractivity contribution is 9.10. The van der Waals surface area contributed by atoms with E-state index in [0.29, 0.717) is 0 Å². The smallest absolute Gasteiger partial charge is 0.133 e. The fourth-order valence-electron chi connectivity index (χ4n) is 2.13. The van der Waals surface area contributed by atoms with Crippen LogP contribution in [0, 0.1) is 6.92 Å². The normalized spacial score (nSPS) is 12.4. The van der Waals surface area contributed by atoms with Crippen LogP contribution in [0.2, 0.25) is 0 Å². The van der Waals surface area contributed by atoms with Crippen molar-refractivity contribution in [3.63, 3.8) is 0 Å². The van der Waals surface area contributed by atoms with Crippen molar-refractivity contribution in [2.45, 2.75) is 39.2 Å². The Morgan fingerprint density at radius 2 is 2.05 bits per heavy atom. The van der Waals surface area contributed by atoms with Gasteiger partial charge >= 0.3 is 0 Å². The SMILES string of the molecule is CCC(N)Cc1cc(C)nc(Cc2cccc(Br)c2)n1. The monoisotopic (exact) mass is 333 g/mol. The highest BCUT2D eigenvalue weighted by atomic mass is 79.9. The summed E-state index contributed by atoms with van der Waals surface area (Å²) in [6.45, 7) is 4.11. The second-order valence-corrected chi connectivity index (χ2v) is 6.01. The summed E-state index contributed by atoms with van der Waals surface area (Å²) < 4.78 is 1.08. The van der Waals surface area contributed by atoms with E-state index < -0.39 is 0 Å². The lowest BCUT2D eigenvalue weighted by Gasteiger charge is -2.10. The van der Waals surface area contributed by atoms with Gasteiger partial charge < -0.3 is 5.73 Å². The molecule has 2 rings (SSSR count). The second kappa shape index (κ2) is 6.95. The summed E-state index contributed by atoms with van der Waals surface area (Å²) in [4.78, 5) is 9.16. The van der Waals surface area contributed by atoms with E-state index in [4.69, 9.17) is 5.73 Å². The maximum Gasteiger partial charge on any atom is 0.133 e. The zero-order chi connectivity index (χ0) is 14.5. The molecule has 4 heteroatoms. The Hall–Kier alpha value is -1.26. The Labute approximate surface area is 128 Å². The molecule has 2 aromatic rings. The van der Waals surface area contributed by atoms with Crippen LogP contribution in [0.1, 0.15) is 36.1 Å². The van der Waals surface area contributed by atoms with Crippen LogP contribution in [0.3, 0.4) is 0 Å². The van der Waals surface area contributed by atoms with Crippen LogP contribution in [0.4, 0.5) is 0 Å². The average molecular weight is 334 g/mol. The summed E-state index contributed by atoms with van der Waals surface area (Å²) in [5.41, 5.74) is 9.26. The number of rotatable bonds is 5. The van der Waals surface area contributed by atoms with Gasteiger partial charge in [0.25, 0.3) is 0 Å². The van der Waals surface area contributed by atoms with Gasteiger partial charge in [0.05, 0.1) is 0 Å². The molecule has 2 N–H and O–H groups in total. The molecule has 1 atom stereocenters. The Bertz CT molecular complexity index is 584. The first-order valence-corrected chi connectivity index (χ1v) is 7.69. The molecule has 1 unspecified atom stereocenters. The molecule has 106 valence electrons. The quantitative estimate of drug-likeness (QED) is 0.912. The van der Waals surface area contributed by atoms with Crippen molar-refractivity contribution in [2.75, 3.05) is 0 Å². The predicted octanol–water partition coefficient (Wildman–Crippen LogP) is 3.42. The molecule has 20 heavy (non-hydrogen) atoms. The van der Waals surface area contributed by atoms with Gasteiger partial charge in [0.1, 0.15) is 5.82 Å². The number of nitrogens with two attached hydrogens (primary N) is 1. The Kier molecular flexibility index (Phi) is 5.26. The Morgan fingerprint density at radius 1 is 1.25 bits per heavy atom. The van der Waals surface area contributed by atoms with Crippen LogP contribution in [-0.2, 0) is 12.8 Å². The van der Waals surface area contributed by atoms with Crippen LogP contribution in [0.5, 0.6) is 0 Å². The fourth-order valence-corrected chi connectivity index (χ4v) is 2.57. The number of benzene rings is 1. The third-order valence-electron chi connectivity index (χ3n) is 3.20. The Balaban J connectivity index is 2.19. The zero-order valence-electron chi connectivity index (χ0n) is 11.9. The molecule has 0 aliphatic carbocycles. The minimum absolute atomic E-state index is 0.169. The summed E-state index contributed by atoms with van der Waals surface area (Å²) in [5.74, 6) is 0.862. The van der Waals surface area contributed by atoms with Crippen LogP contribution < -0.4 is 5.73 Å². The van der Waals surface area contributed by atoms with Crippen molar-refractivity contribution in [3.8, 4) is 0 Å². The maximum absolute atomic E-state index is 6.01. The van der Waals surface area contributed by atoms with Gasteiger partial charge in [-0.2, -0.15) is 0 Å². The molecule has 0 aliphatic rings. The second-order valence-electron chi connectivity index (χ2n) is 5.10. The topological polar surface area (TPSA) is 51.8 Å². The van der Waals surface area contributed by atoms with Crippen molar-refractivity contribution < 1.29 is 0 Å². The van der Waals surface area contributed by atoms with Gasteiger partial charge in [-0.05, 0) is 37.1 Å². The number of hydrogen-bond donors (Lipinski definition) is 1. The molecule has 0 amide bonds. The van der Waals surface area contributed by atoms with E-state index in [0.717, 1.165) is 40.9 Å². The molecule has 0 aliphatic heterocycles. The standard InChI is InChI=1S/C16H20BrN3/c1-3-14(18)10-15-7-11(2)19-16(20-15)9-12-5-4-6-13(17)8-12/h4-8,14H,3,9-10,18H2,1-2H3. The van der Waals surface area contributed by atoms with Crippen molar-refractivity contribution in [1.82, 2.24) is 9.97 Å². The van der Waals surface area contributed by atoms with Gasteiger partial charge in [-0.15, -0.1) is 0 Å². The zero-order valence-corrected chi connectivity index (χ0v) is 13.5. The van der Waals surface area contributed by atoms with Gasteiger partial charge in [0.2, 0.25) is 0 Å². The van der Waals surface area contributed by atoms with E-state index in [2.05, 4.69) is 45.0 Å². The first kappa shape index (κ1) is 15.1. The van der Waals surface area contributed by atoms with Crippen molar-refractivity contribution in [1.29, 1.82) is 0 Å².